The molecule has 18 heavy (non-hydrogen) atoms. The molecule has 0 aliphatic carbocycles. The van der Waals surface area contributed by atoms with Gasteiger partial charge in [0.15, 0.2) is 0 Å². The summed E-state index contributed by atoms with van der Waals surface area (Å²) in [5, 5.41) is 18.5. The van der Waals surface area contributed by atoms with Gasteiger partial charge in [0, 0.05) is 0 Å². The smallest absolute Gasteiger partial charge is 0.211 e. The highest BCUT2D eigenvalue weighted by Gasteiger charge is 2.02. The Hall–Kier alpha value is -2.77. The number of benzene rings is 1. The van der Waals surface area contributed by atoms with Crippen molar-refractivity contribution in [3.8, 4) is 5.69 Å². The molecular weight excluding hydrogens is 232 g/mol. The lowest BCUT2D eigenvalue weighted by atomic mass is 10.1. The minimum absolute atomic E-state index is 0.0778. The molecular formula is C10H12N8. The van der Waals surface area contributed by atoms with Crippen molar-refractivity contribution in [2.45, 2.75) is 6.92 Å². The van der Waals surface area contributed by atoms with Gasteiger partial charge in [0.05, 0.1) is 11.4 Å². The molecule has 0 aliphatic heterocycles. The van der Waals surface area contributed by atoms with Crippen molar-refractivity contribution in [3.63, 3.8) is 0 Å². The van der Waals surface area contributed by atoms with Gasteiger partial charge in [-0.1, -0.05) is 12.1 Å². The van der Waals surface area contributed by atoms with Crippen LogP contribution >= 0.6 is 0 Å². The Labute approximate surface area is 103 Å². The molecule has 92 valence electrons. The summed E-state index contributed by atoms with van der Waals surface area (Å²) < 4.78 is 1.55. The van der Waals surface area contributed by atoms with E-state index < -0.39 is 0 Å². The van der Waals surface area contributed by atoms with E-state index in [0.29, 0.717) is 5.71 Å². The molecule has 2 aromatic rings. The zero-order valence-electron chi connectivity index (χ0n) is 9.72. The highest BCUT2D eigenvalue weighted by atomic mass is 15.5. The lowest BCUT2D eigenvalue weighted by Crippen LogP contribution is -2.22. The van der Waals surface area contributed by atoms with Crippen molar-refractivity contribution in [1.29, 1.82) is 0 Å². The van der Waals surface area contributed by atoms with E-state index in [2.05, 4.69) is 25.7 Å². The van der Waals surface area contributed by atoms with Crippen LogP contribution in [0.1, 0.15) is 12.5 Å². The van der Waals surface area contributed by atoms with Crippen LogP contribution in [-0.4, -0.2) is 31.9 Å². The first-order chi connectivity index (χ1) is 8.66. The first kappa shape index (κ1) is 11.7. The molecule has 0 saturated carbocycles. The van der Waals surface area contributed by atoms with E-state index in [4.69, 9.17) is 11.5 Å². The summed E-state index contributed by atoms with van der Waals surface area (Å²) >= 11 is 0. The summed E-state index contributed by atoms with van der Waals surface area (Å²) in [6.07, 6.45) is 1.52. The van der Waals surface area contributed by atoms with E-state index in [1.54, 1.807) is 4.68 Å². The van der Waals surface area contributed by atoms with Gasteiger partial charge in [0.25, 0.3) is 0 Å². The maximum atomic E-state index is 5.22. The van der Waals surface area contributed by atoms with Crippen molar-refractivity contribution >= 4 is 11.7 Å². The van der Waals surface area contributed by atoms with Crippen LogP contribution in [0, 0.1) is 0 Å². The van der Waals surface area contributed by atoms with E-state index >= 15 is 0 Å². The molecule has 2 rings (SSSR count). The summed E-state index contributed by atoms with van der Waals surface area (Å²) in [6, 6.07) is 7.54. The molecule has 0 radical (unpaired) electrons. The number of hydrogen-bond acceptors (Lipinski definition) is 5. The molecule has 0 aliphatic rings. The summed E-state index contributed by atoms with van der Waals surface area (Å²) in [5.41, 5.74) is 12.8. The number of nitrogens with zero attached hydrogens (tertiary/aromatic N) is 6. The Bertz CT molecular complexity index is 580. The Kier molecular flexibility index (Phi) is 3.28. The largest absolute Gasteiger partial charge is 0.369 e. The van der Waals surface area contributed by atoms with Crippen LogP contribution in [0.2, 0.25) is 0 Å². The maximum absolute atomic E-state index is 5.22. The van der Waals surface area contributed by atoms with Crippen molar-refractivity contribution in [1.82, 2.24) is 20.2 Å². The molecule has 0 bridgehead atoms. The normalized spacial score (nSPS) is 11.3. The average Bonchev–Trinajstić information content (AvgIpc) is 2.90. The second-order valence-corrected chi connectivity index (χ2v) is 3.51. The Morgan fingerprint density at radius 1 is 1.28 bits per heavy atom. The fourth-order valence-electron chi connectivity index (χ4n) is 1.34. The molecule has 0 atom stereocenters. The van der Waals surface area contributed by atoms with Crippen LogP contribution < -0.4 is 11.5 Å². The van der Waals surface area contributed by atoms with Gasteiger partial charge < -0.3 is 11.5 Å². The topological polar surface area (TPSA) is 120 Å². The SMILES string of the molecule is CC(=NN=C(N)N)c1cccc(-n2cnnn2)c1. The van der Waals surface area contributed by atoms with Crippen LogP contribution in [0.5, 0.6) is 0 Å². The van der Waals surface area contributed by atoms with Crippen LogP contribution in [-0.2, 0) is 0 Å². The molecule has 4 N–H and O–H groups in total. The molecule has 0 fully saturated rings. The zero-order valence-corrected chi connectivity index (χ0v) is 9.72. The van der Waals surface area contributed by atoms with Gasteiger partial charge in [-0.05, 0) is 35.0 Å². The van der Waals surface area contributed by atoms with Crippen LogP contribution in [0.25, 0.3) is 5.69 Å². The van der Waals surface area contributed by atoms with Gasteiger partial charge in [-0.3, -0.25) is 0 Å². The lowest BCUT2D eigenvalue weighted by Gasteiger charge is -2.03. The minimum atomic E-state index is -0.0778. The number of tetrazole rings is 1. The average molecular weight is 244 g/mol. The fraction of sp³-hybridized carbons (Fsp3) is 0.100. The summed E-state index contributed by atoms with van der Waals surface area (Å²) in [6.45, 7) is 1.81. The van der Waals surface area contributed by atoms with E-state index in [1.165, 1.54) is 6.33 Å². The standard InChI is InChI=1S/C10H12N8/c1-7(14-15-10(11)12)8-3-2-4-9(5-8)18-6-13-16-17-18/h2-6H,1H3,(H4,11,12,15). The van der Waals surface area contributed by atoms with E-state index in [0.717, 1.165) is 11.3 Å². The van der Waals surface area contributed by atoms with Gasteiger partial charge in [0.1, 0.15) is 6.33 Å². The summed E-state index contributed by atoms with van der Waals surface area (Å²) in [4.78, 5) is 0. The molecule has 1 aromatic carbocycles. The van der Waals surface area contributed by atoms with Gasteiger partial charge in [-0.15, -0.1) is 10.2 Å². The third kappa shape index (κ3) is 2.67. The molecule has 1 aromatic heterocycles. The maximum Gasteiger partial charge on any atom is 0.211 e. The second-order valence-electron chi connectivity index (χ2n) is 3.51. The predicted molar refractivity (Wildman–Crippen MR) is 67.2 cm³/mol. The molecule has 0 spiro atoms. The van der Waals surface area contributed by atoms with Crippen LogP contribution in [0.15, 0.2) is 40.8 Å². The van der Waals surface area contributed by atoms with Crippen molar-refractivity contribution < 1.29 is 0 Å². The van der Waals surface area contributed by atoms with Gasteiger partial charge >= 0.3 is 0 Å². The number of hydrogen-bond donors (Lipinski definition) is 2. The van der Waals surface area contributed by atoms with Gasteiger partial charge in [-0.2, -0.15) is 5.10 Å². The van der Waals surface area contributed by atoms with Crippen molar-refractivity contribution in [3.05, 3.63) is 36.2 Å². The fourth-order valence-corrected chi connectivity index (χ4v) is 1.34. The van der Waals surface area contributed by atoms with Gasteiger partial charge in [0.2, 0.25) is 5.96 Å². The van der Waals surface area contributed by atoms with Crippen molar-refractivity contribution in [2.75, 3.05) is 0 Å². The number of nitrogens with two attached hydrogens (primary N) is 2. The Morgan fingerprint density at radius 2 is 2.11 bits per heavy atom. The highest BCUT2D eigenvalue weighted by Crippen LogP contribution is 2.09. The number of aromatic nitrogens is 4. The monoisotopic (exact) mass is 244 g/mol. The van der Waals surface area contributed by atoms with Gasteiger partial charge in [-0.25, -0.2) is 4.68 Å². The lowest BCUT2D eigenvalue weighted by molar-refractivity contribution is 0.789. The number of guanidine groups is 1. The highest BCUT2D eigenvalue weighted by molar-refractivity contribution is 5.99. The van der Waals surface area contributed by atoms with Crippen LogP contribution in [0.4, 0.5) is 0 Å². The molecule has 0 saturated heterocycles. The van der Waals surface area contributed by atoms with E-state index in [-0.39, 0.29) is 5.96 Å². The molecule has 1 heterocycles. The minimum Gasteiger partial charge on any atom is -0.369 e. The summed E-state index contributed by atoms with van der Waals surface area (Å²) in [7, 11) is 0. The first-order valence-corrected chi connectivity index (χ1v) is 5.14. The third-order valence-corrected chi connectivity index (χ3v) is 2.19. The molecule has 8 nitrogen and oxygen atoms in total. The van der Waals surface area contributed by atoms with Crippen LogP contribution in [0.3, 0.4) is 0 Å². The first-order valence-electron chi connectivity index (χ1n) is 5.14. The van der Waals surface area contributed by atoms with E-state index in [1.807, 2.05) is 31.2 Å². The van der Waals surface area contributed by atoms with E-state index in [9.17, 15) is 0 Å². The molecule has 8 heteroatoms. The van der Waals surface area contributed by atoms with Crippen molar-refractivity contribution in [2.24, 2.45) is 21.7 Å². The Balaban J connectivity index is 2.33. The Morgan fingerprint density at radius 3 is 2.78 bits per heavy atom. The molecule has 0 unspecified atom stereocenters. The zero-order chi connectivity index (χ0) is 13.0. The quantitative estimate of drug-likeness (QED) is 0.434. The molecule has 0 amide bonds. The summed E-state index contributed by atoms with van der Waals surface area (Å²) in [5.74, 6) is -0.0778. The number of rotatable bonds is 3. The predicted octanol–water partition coefficient (Wildman–Crippen LogP) is -0.340. The second kappa shape index (κ2) is 5.04. The third-order valence-electron chi connectivity index (χ3n) is 2.19.